The fraction of sp³-hybridized carbons (Fsp3) is 0.417. The molecule has 2 aliphatic heterocycles. The van der Waals surface area contributed by atoms with E-state index in [-0.39, 0.29) is 23.5 Å². The smallest absolute Gasteiger partial charge is 0.241 e. The van der Waals surface area contributed by atoms with E-state index in [0.717, 1.165) is 42.1 Å². The minimum absolute atomic E-state index is 0.0248. The summed E-state index contributed by atoms with van der Waals surface area (Å²) < 4.78 is 25.4. The van der Waals surface area contributed by atoms with Crippen molar-refractivity contribution >= 4 is 43.0 Å². The number of benzene rings is 2. The molecule has 5 rings (SSSR count). The average molecular weight is 470 g/mol. The molecule has 0 saturated carbocycles. The Morgan fingerprint density at radius 3 is 2.62 bits per heavy atom. The Labute approximate surface area is 192 Å². The molecule has 2 atom stereocenters. The first-order valence-corrected chi connectivity index (χ1v) is 13.8. The third kappa shape index (κ3) is 4.58. The van der Waals surface area contributed by atoms with Crippen LogP contribution in [0.4, 0.5) is 5.69 Å². The molecule has 168 valence electrons. The molecule has 0 unspecified atom stereocenters. The van der Waals surface area contributed by atoms with E-state index in [9.17, 15) is 13.2 Å². The van der Waals surface area contributed by atoms with Crippen molar-refractivity contribution in [2.75, 3.05) is 36.0 Å². The number of fused-ring (bicyclic) bond motifs is 1. The number of likely N-dealkylation sites (tertiary alicyclic amines) is 1. The van der Waals surface area contributed by atoms with Crippen LogP contribution in [0.1, 0.15) is 30.2 Å². The van der Waals surface area contributed by atoms with E-state index in [0.29, 0.717) is 18.9 Å². The predicted octanol–water partition coefficient (Wildman–Crippen LogP) is 3.70. The summed E-state index contributed by atoms with van der Waals surface area (Å²) in [7, 11) is -3.09. The largest absolute Gasteiger partial charge is 0.307 e. The molecule has 0 N–H and O–H groups in total. The lowest BCUT2D eigenvalue weighted by atomic mass is 9.98. The van der Waals surface area contributed by atoms with Crippen molar-refractivity contribution < 1.29 is 13.2 Å². The van der Waals surface area contributed by atoms with Gasteiger partial charge in [0.2, 0.25) is 5.91 Å². The number of carbonyl (C=O) groups excluding carboxylic acids is 1. The zero-order valence-corrected chi connectivity index (χ0v) is 19.5. The van der Waals surface area contributed by atoms with Crippen LogP contribution in [-0.2, 0) is 14.6 Å². The third-order valence-electron chi connectivity index (χ3n) is 6.40. The van der Waals surface area contributed by atoms with Gasteiger partial charge in [-0.15, -0.1) is 11.3 Å². The summed E-state index contributed by atoms with van der Waals surface area (Å²) in [6.07, 6.45) is 2.60. The predicted molar refractivity (Wildman–Crippen MR) is 129 cm³/mol. The first kappa shape index (κ1) is 21.6. The number of hydrogen-bond donors (Lipinski definition) is 0. The number of thiazole rings is 1. The second-order valence-corrected chi connectivity index (χ2v) is 12.0. The molecule has 0 aliphatic carbocycles. The Bertz CT molecular complexity index is 1180. The quantitative estimate of drug-likeness (QED) is 0.570. The number of nitrogens with zero attached hydrogens (tertiary/aromatic N) is 3. The molecular formula is C24H27N3O3S2. The van der Waals surface area contributed by atoms with Gasteiger partial charge in [0.1, 0.15) is 0 Å². The van der Waals surface area contributed by atoms with Crippen molar-refractivity contribution in [2.24, 2.45) is 0 Å². The van der Waals surface area contributed by atoms with Gasteiger partial charge in [0.05, 0.1) is 39.3 Å². The molecule has 2 fully saturated rings. The van der Waals surface area contributed by atoms with Crippen LogP contribution in [0.2, 0.25) is 0 Å². The molecule has 3 heterocycles. The highest BCUT2D eigenvalue weighted by Crippen LogP contribution is 2.33. The summed E-state index contributed by atoms with van der Waals surface area (Å²) in [4.78, 5) is 22.3. The molecule has 2 aliphatic rings. The first-order valence-electron chi connectivity index (χ1n) is 11.1. The molecule has 1 amide bonds. The second-order valence-electron chi connectivity index (χ2n) is 8.75. The van der Waals surface area contributed by atoms with Crippen molar-refractivity contribution in [2.45, 2.75) is 31.2 Å². The highest BCUT2D eigenvalue weighted by Gasteiger charge is 2.36. The SMILES string of the molecule is O=C(CN1CCC[C@H](c2nc3ccccc3s2)C1)N(c1ccccc1)[C@@H]1CCS(=O)(=O)C1. The number of hydrogen-bond acceptors (Lipinski definition) is 6. The Hall–Kier alpha value is -2.29. The minimum Gasteiger partial charge on any atom is -0.307 e. The summed E-state index contributed by atoms with van der Waals surface area (Å²) in [6, 6.07) is 17.4. The standard InChI is InChI=1S/C24H27N3O3S2/c28-23(27(19-8-2-1-3-9-19)20-12-14-32(29,30)17-20)16-26-13-6-7-18(15-26)24-25-21-10-4-5-11-22(21)31-24/h1-5,8-11,18,20H,6-7,12-17H2/t18-,20+/m0/s1. The molecular weight excluding hydrogens is 442 g/mol. The molecule has 32 heavy (non-hydrogen) atoms. The van der Waals surface area contributed by atoms with Gasteiger partial charge in [-0.2, -0.15) is 0 Å². The van der Waals surface area contributed by atoms with Gasteiger partial charge >= 0.3 is 0 Å². The zero-order chi connectivity index (χ0) is 22.1. The number of piperidine rings is 1. The molecule has 3 aromatic rings. The van der Waals surface area contributed by atoms with Gasteiger partial charge < -0.3 is 4.90 Å². The van der Waals surface area contributed by atoms with Crippen LogP contribution < -0.4 is 4.90 Å². The number of amides is 1. The van der Waals surface area contributed by atoms with Crippen molar-refractivity contribution in [1.29, 1.82) is 0 Å². The van der Waals surface area contributed by atoms with Crippen LogP contribution in [0.3, 0.4) is 0 Å². The lowest BCUT2D eigenvalue weighted by molar-refractivity contribution is -0.120. The molecule has 0 radical (unpaired) electrons. The van der Waals surface area contributed by atoms with Gasteiger partial charge in [-0.3, -0.25) is 9.69 Å². The zero-order valence-electron chi connectivity index (χ0n) is 17.9. The Morgan fingerprint density at radius 2 is 1.88 bits per heavy atom. The van der Waals surface area contributed by atoms with E-state index in [4.69, 9.17) is 4.98 Å². The Kier molecular flexibility index (Phi) is 6.01. The van der Waals surface area contributed by atoms with Gasteiger partial charge in [-0.05, 0) is 50.1 Å². The van der Waals surface area contributed by atoms with Crippen molar-refractivity contribution in [1.82, 2.24) is 9.88 Å². The van der Waals surface area contributed by atoms with Crippen LogP contribution in [0.5, 0.6) is 0 Å². The van der Waals surface area contributed by atoms with Gasteiger partial charge in [0, 0.05) is 18.2 Å². The van der Waals surface area contributed by atoms with Gasteiger partial charge in [0.25, 0.3) is 0 Å². The van der Waals surface area contributed by atoms with Crippen LogP contribution in [0.25, 0.3) is 10.2 Å². The van der Waals surface area contributed by atoms with E-state index in [1.807, 2.05) is 48.5 Å². The number of para-hydroxylation sites is 2. The first-order chi connectivity index (χ1) is 15.5. The van der Waals surface area contributed by atoms with E-state index < -0.39 is 9.84 Å². The van der Waals surface area contributed by atoms with E-state index in [1.54, 1.807) is 16.2 Å². The maximum atomic E-state index is 13.5. The molecule has 0 bridgehead atoms. The fourth-order valence-electron chi connectivity index (χ4n) is 4.86. The van der Waals surface area contributed by atoms with Gasteiger partial charge in [0.15, 0.2) is 9.84 Å². The molecule has 2 saturated heterocycles. The van der Waals surface area contributed by atoms with Crippen molar-refractivity contribution in [3.63, 3.8) is 0 Å². The molecule has 1 aromatic heterocycles. The lowest BCUT2D eigenvalue weighted by Crippen LogP contribution is -2.48. The molecule has 2 aromatic carbocycles. The van der Waals surface area contributed by atoms with Crippen molar-refractivity contribution in [3.8, 4) is 0 Å². The summed E-state index contributed by atoms with van der Waals surface area (Å²) in [5.41, 5.74) is 1.82. The summed E-state index contributed by atoms with van der Waals surface area (Å²) >= 11 is 1.75. The van der Waals surface area contributed by atoms with Gasteiger partial charge in [-0.25, -0.2) is 13.4 Å². The molecule has 0 spiro atoms. The van der Waals surface area contributed by atoms with E-state index >= 15 is 0 Å². The van der Waals surface area contributed by atoms with E-state index in [2.05, 4.69) is 11.0 Å². The third-order valence-corrected chi connectivity index (χ3v) is 9.35. The molecule has 6 nitrogen and oxygen atoms in total. The highest BCUT2D eigenvalue weighted by atomic mass is 32.2. The summed E-state index contributed by atoms with van der Waals surface area (Å²) in [5.74, 6) is 0.494. The van der Waals surface area contributed by atoms with Crippen LogP contribution in [-0.4, -0.2) is 61.4 Å². The highest BCUT2D eigenvalue weighted by molar-refractivity contribution is 7.91. The fourth-order valence-corrected chi connectivity index (χ4v) is 7.65. The normalized spacial score (nSPS) is 23.4. The number of aromatic nitrogens is 1. The number of carbonyl (C=O) groups is 1. The minimum atomic E-state index is -3.09. The molecule has 8 heteroatoms. The average Bonchev–Trinajstić information content (AvgIpc) is 3.38. The maximum absolute atomic E-state index is 13.5. The van der Waals surface area contributed by atoms with E-state index in [1.165, 1.54) is 4.70 Å². The van der Waals surface area contributed by atoms with Gasteiger partial charge in [-0.1, -0.05) is 30.3 Å². The maximum Gasteiger partial charge on any atom is 0.241 e. The lowest BCUT2D eigenvalue weighted by Gasteiger charge is -2.34. The van der Waals surface area contributed by atoms with Crippen LogP contribution >= 0.6 is 11.3 Å². The summed E-state index contributed by atoms with van der Waals surface area (Å²) in [5, 5.41) is 1.14. The Morgan fingerprint density at radius 1 is 1.09 bits per heavy atom. The van der Waals surface area contributed by atoms with Crippen molar-refractivity contribution in [3.05, 3.63) is 59.6 Å². The van der Waals surface area contributed by atoms with Crippen LogP contribution in [0, 0.1) is 0 Å². The summed E-state index contributed by atoms with van der Waals surface area (Å²) in [6.45, 7) is 1.97. The number of anilines is 1. The number of rotatable bonds is 5. The monoisotopic (exact) mass is 469 g/mol. The topological polar surface area (TPSA) is 70.6 Å². The van der Waals surface area contributed by atoms with Crippen LogP contribution in [0.15, 0.2) is 54.6 Å². The number of sulfone groups is 1. The Balaban J connectivity index is 1.32. The second kappa shape index (κ2) is 8.92.